The van der Waals surface area contributed by atoms with E-state index in [0.29, 0.717) is 11.3 Å². The molecule has 1 heterocycles. The van der Waals surface area contributed by atoms with Crippen LogP contribution in [0.4, 0.5) is 11.6 Å². The van der Waals surface area contributed by atoms with Crippen LogP contribution in [0.1, 0.15) is 10.4 Å². The molecule has 0 aliphatic carbocycles. The molecule has 0 atom stereocenters. The maximum Gasteiger partial charge on any atom is 0.281 e. The molecule has 0 spiro atoms. The Bertz CT molecular complexity index is 765. The summed E-state index contributed by atoms with van der Waals surface area (Å²) >= 11 is 0. The lowest BCUT2D eigenvalue weighted by molar-refractivity contribution is 0.0982. The zero-order valence-corrected chi connectivity index (χ0v) is 12.3. The minimum atomic E-state index is -0.317. The van der Waals surface area contributed by atoms with E-state index in [1.807, 2.05) is 24.3 Å². The molecule has 23 heavy (non-hydrogen) atoms. The third-order valence-electron chi connectivity index (χ3n) is 3.19. The van der Waals surface area contributed by atoms with Crippen LogP contribution in [0.2, 0.25) is 0 Å². The van der Waals surface area contributed by atoms with E-state index in [1.54, 1.807) is 54.9 Å². The molecule has 0 aliphatic rings. The minimum absolute atomic E-state index is 0.202. The lowest BCUT2D eigenvalue weighted by atomic mass is 10.2. The summed E-state index contributed by atoms with van der Waals surface area (Å²) in [5, 5.41) is 2.48. The van der Waals surface area contributed by atoms with Gasteiger partial charge in [0.05, 0.1) is 5.69 Å². The first-order chi connectivity index (χ1) is 11.3. The van der Waals surface area contributed by atoms with Crippen LogP contribution in [-0.4, -0.2) is 15.9 Å². The van der Waals surface area contributed by atoms with E-state index in [4.69, 9.17) is 5.84 Å². The van der Waals surface area contributed by atoms with Gasteiger partial charge in [0.25, 0.3) is 11.9 Å². The lowest BCUT2D eigenvalue weighted by Crippen LogP contribution is -2.52. The van der Waals surface area contributed by atoms with Gasteiger partial charge in [0.1, 0.15) is 0 Å². The number of carbonyl (C=O) groups excluding carboxylic acids is 1. The molecule has 0 bridgehead atoms. The first-order valence-corrected chi connectivity index (χ1v) is 7.03. The van der Waals surface area contributed by atoms with Gasteiger partial charge in [0.2, 0.25) is 0 Å². The number of anilines is 2. The SMILES string of the molecule is NN(c1ccccc1)N(C(=O)c1ccccc1)c1ncccn1. The van der Waals surface area contributed by atoms with Crippen molar-refractivity contribution in [3.05, 3.63) is 84.7 Å². The molecular formula is C17H15N5O. The number of carbonyl (C=O) groups is 1. The van der Waals surface area contributed by atoms with E-state index in [9.17, 15) is 4.79 Å². The smallest absolute Gasteiger partial charge is 0.267 e. The van der Waals surface area contributed by atoms with Gasteiger partial charge in [-0.25, -0.2) is 20.9 Å². The Morgan fingerprint density at radius 2 is 1.39 bits per heavy atom. The summed E-state index contributed by atoms with van der Waals surface area (Å²) in [5.74, 6) is 6.05. The molecule has 114 valence electrons. The van der Waals surface area contributed by atoms with E-state index in [-0.39, 0.29) is 11.9 Å². The molecule has 2 aromatic carbocycles. The van der Waals surface area contributed by atoms with Crippen molar-refractivity contribution in [2.45, 2.75) is 0 Å². The maximum atomic E-state index is 12.9. The van der Waals surface area contributed by atoms with E-state index in [0.717, 1.165) is 0 Å². The Morgan fingerprint density at radius 1 is 0.826 bits per heavy atom. The highest BCUT2D eigenvalue weighted by Gasteiger charge is 2.25. The average Bonchev–Trinajstić information content (AvgIpc) is 2.64. The molecule has 0 fully saturated rings. The molecule has 1 amide bonds. The van der Waals surface area contributed by atoms with Gasteiger partial charge in [0, 0.05) is 18.0 Å². The first-order valence-electron chi connectivity index (χ1n) is 7.03. The Hall–Kier alpha value is -3.25. The molecule has 0 radical (unpaired) electrons. The van der Waals surface area contributed by atoms with Crippen LogP contribution < -0.4 is 16.0 Å². The highest BCUT2D eigenvalue weighted by atomic mass is 16.2. The molecule has 1 aromatic heterocycles. The van der Waals surface area contributed by atoms with Crippen molar-refractivity contribution >= 4 is 17.5 Å². The third-order valence-corrected chi connectivity index (χ3v) is 3.19. The van der Waals surface area contributed by atoms with Gasteiger partial charge in [-0.05, 0) is 30.3 Å². The quantitative estimate of drug-likeness (QED) is 0.592. The zero-order valence-electron chi connectivity index (χ0n) is 12.3. The highest BCUT2D eigenvalue weighted by molar-refractivity contribution is 6.06. The van der Waals surface area contributed by atoms with Crippen LogP contribution in [0.3, 0.4) is 0 Å². The number of para-hydroxylation sites is 1. The number of nitrogens with two attached hydrogens (primary N) is 1. The van der Waals surface area contributed by atoms with E-state index in [2.05, 4.69) is 9.97 Å². The zero-order chi connectivity index (χ0) is 16.1. The summed E-state index contributed by atoms with van der Waals surface area (Å²) in [5.41, 5.74) is 1.13. The molecule has 0 saturated carbocycles. The molecule has 2 N–H and O–H groups in total. The third kappa shape index (κ3) is 3.17. The maximum absolute atomic E-state index is 12.9. The number of benzene rings is 2. The summed E-state index contributed by atoms with van der Waals surface area (Å²) in [6.07, 6.45) is 3.12. The topological polar surface area (TPSA) is 75.3 Å². The van der Waals surface area contributed by atoms with Crippen molar-refractivity contribution in [3.8, 4) is 0 Å². The number of amides is 1. The van der Waals surface area contributed by atoms with Gasteiger partial charge < -0.3 is 0 Å². The summed E-state index contributed by atoms with van der Waals surface area (Å²) in [7, 11) is 0. The van der Waals surface area contributed by atoms with Crippen LogP contribution in [0.5, 0.6) is 0 Å². The molecule has 0 unspecified atom stereocenters. The first kappa shape index (κ1) is 14.7. The average molecular weight is 305 g/mol. The fourth-order valence-corrected chi connectivity index (χ4v) is 2.08. The van der Waals surface area contributed by atoms with Crippen molar-refractivity contribution in [1.29, 1.82) is 0 Å². The van der Waals surface area contributed by atoms with E-state index in [1.165, 1.54) is 10.1 Å². The van der Waals surface area contributed by atoms with Crippen molar-refractivity contribution < 1.29 is 4.79 Å². The lowest BCUT2D eigenvalue weighted by Gasteiger charge is -2.30. The predicted molar refractivity (Wildman–Crippen MR) is 88.4 cm³/mol. The van der Waals surface area contributed by atoms with Crippen LogP contribution in [0.25, 0.3) is 0 Å². The largest absolute Gasteiger partial charge is 0.281 e. The van der Waals surface area contributed by atoms with Crippen molar-refractivity contribution in [2.24, 2.45) is 5.84 Å². The van der Waals surface area contributed by atoms with Crippen molar-refractivity contribution in [1.82, 2.24) is 9.97 Å². The van der Waals surface area contributed by atoms with Crippen LogP contribution >= 0.6 is 0 Å². The van der Waals surface area contributed by atoms with Crippen LogP contribution in [0, 0.1) is 0 Å². The molecule has 3 rings (SSSR count). The fraction of sp³-hybridized carbons (Fsp3) is 0. The minimum Gasteiger partial charge on any atom is -0.267 e. The second-order valence-electron chi connectivity index (χ2n) is 4.71. The van der Waals surface area contributed by atoms with E-state index >= 15 is 0 Å². The van der Waals surface area contributed by atoms with Gasteiger partial charge in [-0.3, -0.25) is 4.79 Å². The Labute approximate surface area is 133 Å². The number of hydrogen-bond acceptors (Lipinski definition) is 5. The van der Waals surface area contributed by atoms with Crippen LogP contribution in [0.15, 0.2) is 79.1 Å². The standard InChI is InChI=1S/C17H15N5O/c18-22(15-10-5-2-6-11-15)21(17-19-12-7-13-20-17)16(23)14-8-3-1-4-9-14/h1-13H,18H2. The van der Waals surface area contributed by atoms with Crippen LogP contribution in [-0.2, 0) is 0 Å². The number of nitrogens with zero attached hydrogens (tertiary/aromatic N) is 4. The second-order valence-corrected chi connectivity index (χ2v) is 4.71. The highest BCUT2D eigenvalue weighted by Crippen LogP contribution is 2.18. The molecule has 0 aliphatic heterocycles. The van der Waals surface area contributed by atoms with Gasteiger partial charge in [-0.1, -0.05) is 36.4 Å². The van der Waals surface area contributed by atoms with Gasteiger partial charge in [-0.15, -0.1) is 0 Å². The number of rotatable bonds is 4. The Kier molecular flexibility index (Phi) is 4.26. The number of hydrazine groups is 2. The normalized spacial score (nSPS) is 10.1. The van der Waals surface area contributed by atoms with Crippen molar-refractivity contribution in [3.63, 3.8) is 0 Å². The molecule has 6 nitrogen and oxygen atoms in total. The van der Waals surface area contributed by atoms with Gasteiger partial charge in [-0.2, -0.15) is 5.01 Å². The summed E-state index contributed by atoms with van der Waals surface area (Å²) in [6, 6.07) is 19.7. The molecule has 6 heteroatoms. The molecule has 0 saturated heterocycles. The summed E-state index contributed by atoms with van der Waals surface area (Å²) in [6.45, 7) is 0. The molecular weight excluding hydrogens is 290 g/mol. The number of aromatic nitrogens is 2. The Balaban J connectivity index is 2.03. The number of hydrogen-bond donors (Lipinski definition) is 1. The summed E-state index contributed by atoms with van der Waals surface area (Å²) < 4.78 is 0. The van der Waals surface area contributed by atoms with Gasteiger partial charge in [0.15, 0.2) is 0 Å². The fourth-order valence-electron chi connectivity index (χ4n) is 2.08. The second kappa shape index (κ2) is 6.67. The predicted octanol–water partition coefficient (Wildman–Crippen LogP) is 2.42. The summed E-state index contributed by atoms with van der Waals surface area (Å²) in [4.78, 5) is 21.2. The van der Waals surface area contributed by atoms with E-state index < -0.39 is 0 Å². The van der Waals surface area contributed by atoms with Gasteiger partial charge >= 0.3 is 0 Å². The molecule has 3 aromatic rings. The monoisotopic (exact) mass is 305 g/mol. The van der Waals surface area contributed by atoms with Crippen molar-refractivity contribution in [2.75, 3.05) is 10.1 Å². The Morgan fingerprint density at radius 3 is 2.00 bits per heavy atom.